The van der Waals surface area contributed by atoms with E-state index in [9.17, 15) is 0 Å². The zero-order valence-corrected chi connectivity index (χ0v) is 20.7. The average Bonchev–Trinajstić information content (AvgIpc) is 3.16. The van der Waals surface area contributed by atoms with Crippen LogP contribution < -0.4 is 0 Å². The van der Waals surface area contributed by atoms with Gasteiger partial charge in [-0.1, -0.05) is 75.4 Å². The number of benzene rings is 1. The van der Waals surface area contributed by atoms with Gasteiger partial charge < -0.3 is 25.6 Å². The minimum absolute atomic E-state index is 0. The third-order valence-electron chi connectivity index (χ3n) is 2.88. The molecule has 4 heteroatoms. The van der Waals surface area contributed by atoms with Gasteiger partial charge in [-0.15, -0.1) is 40.1 Å². The van der Waals surface area contributed by atoms with Gasteiger partial charge in [-0.25, -0.2) is 0 Å². The van der Waals surface area contributed by atoms with E-state index in [1.54, 1.807) is 6.08 Å². The van der Waals surface area contributed by atoms with E-state index in [0.717, 1.165) is 0 Å². The van der Waals surface area contributed by atoms with Crippen molar-refractivity contribution in [3.8, 4) is 11.1 Å². The second kappa shape index (κ2) is 17.6. The van der Waals surface area contributed by atoms with Gasteiger partial charge in [0.2, 0.25) is 0 Å². The summed E-state index contributed by atoms with van der Waals surface area (Å²) in [4.78, 5) is 3.07. The van der Waals surface area contributed by atoms with Crippen LogP contribution in [0.2, 0.25) is 0 Å². The Labute approximate surface area is 192 Å². The summed E-state index contributed by atoms with van der Waals surface area (Å²) < 4.78 is 0. The molecule has 0 aliphatic rings. The Bertz CT molecular complexity index is 711. The molecule has 0 aliphatic heterocycles. The van der Waals surface area contributed by atoms with Crippen LogP contribution in [-0.2, 0) is 21.7 Å². The van der Waals surface area contributed by atoms with Crippen molar-refractivity contribution in [2.45, 2.75) is 33.2 Å². The van der Waals surface area contributed by atoms with Crippen molar-refractivity contribution < 1.29 is 21.7 Å². The summed E-state index contributed by atoms with van der Waals surface area (Å²) in [6, 6.07) is 15.0. The predicted octanol–water partition coefficient (Wildman–Crippen LogP) is 7.66. The average molecular weight is 427 g/mol. The Kier molecular flexibility index (Phi) is 21.3. The summed E-state index contributed by atoms with van der Waals surface area (Å²) in [5, 5.41) is 2.62. The number of aromatic nitrogens is 1. The van der Waals surface area contributed by atoms with Crippen LogP contribution in [0.25, 0.3) is 27.6 Å². The molecule has 28 heavy (non-hydrogen) atoms. The van der Waals surface area contributed by atoms with Crippen LogP contribution in [0.5, 0.6) is 0 Å². The van der Waals surface area contributed by atoms with Crippen LogP contribution in [0.1, 0.15) is 27.7 Å². The van der Waals surface area contributed by atoms with Crippen molar-refractivity contribution in [3.63, 3.8) is 0 Å². The fourth-order valence-corrected chi connectivity index (χ4v) is 1.96. The van der Waals surface area contributed by atoms with Gasteiger partial charge in [0, 0.05) is 11.0 Å². The van der Waals surface area contributed by atoms with Gasteiger partial charge in [-0.2, -0.15) is 0 Å². The maximum atomic E-state index is 6.94. The molecule has 2 nitrogen and oxygen atoms in total. The van der Waals surface area contributed by atoms with Gasteiger partial charge in [0.1, 0.15) is 0 Å². The van der Waals surface area contributed by atoms with E-state index in [-0.39, 0.29) is 53.1 Å². The molecule has 4 radical (unpaired) electrons. The van der Waals surface area contributed by atoms with Gasteiger partial charge in [0.05, 0.1) is 0 Å². The maximum Gasteiger partial charge on any atom is 4.00 e. The number of rotatable bonds is 2. The first-order valence-electron chi connectivity index (χ1n) is 8.12. The van der Waals surface area contributed by atoms with E-state index in [1.165, 1.54) is 21.9 Å². The summed E-state index contributed by atoms with van der Waals surface area (Å²) in [6.45, 7) is 11.0. The summed E-state index contributed by atoms with van der Waals surface area (Å²) in [7, 11) is 0. The van der Waals surface area contributed by atoms with Gasteiger partial charge in [0.25, 0.3) is 0 Å². The molecule has 1 aromatic heterocycles. The quantitative estimate of drug-likeness (QED) is 0.248. The summed E-state index contributed by atoms with van der Waals surface area (Å²) in [5.41, 5.74) is 9.22. The molecular formula is C24H34N2SiTi. The van der Waals surface area contributed by atoms with E-state index < -0.39 is 0 Å². The van der Waals surface area contributed by atoms with Gasteiger partial charge in [-0.3, -0.25) is 0 Å². The number of allylic oxidation sites excluding steroid dienone is 3. The van der Waals surface area contributed by atoms with Crippen LogP contribution in [0, 0.1) is 14.9 Å². The number of hydrogen-bond donors (Lipinski definition) is 1. The molecule has 2 N–H and O–H groups in total. The van der Waals surface area contributed by atoms with Gasteiger partial charge in [0.15, 0.2) is 0 Å². The molecule has 0 saturated heterocycles. The molecule has 3 rings (SSSR count). The molecule has 1 heterocycles. The Morgan fingerprint density at radius 2 is 1.68 bits per heavy atom. The Morgan fingerprint density at radius 3 is 2.07 bits per heavy atom. The summed E-state index contributed by atoms with van der Waals surface area (Å²) in [5.74, 6) is 0. The largest absolute Gasteiger partial charge is 4.00 e. The molecule has 0 saturated carbocycles. The molecule has 148 valence electrons. The molecule has 0 aliphatic carbocycles. The Morgan fingerprint density at radius 1 is 1.11 bits per heavy atom. The molecule has 3 aromatic rings. The Balaban J connectivity index is -0.000000179. The van der Waals surface area contributed by atoms with Crippen LogP contribution in [0.4, 0.5) is 0 Å². The second-order valence-corrected chi connectivity index (χ2v) is 6.48. The molecule has 0 spiro atoms. The number of hydrogen-bond acceptors (Lipinski definition) is 0. The number of fused-ring (bicyclic) bond motifs is 1. The van der Waals surface area contributed by atoms with Gasteiger partial charge in [-0.05, 0) is 19.3 Å². The third-order valence-corrected chi connectivity index (χ3v) is 2.88. The van der Waals surface area contributed by atoms with Crippen molar-refractivity contribution in [3.05, 3.63) is 100 Å². The van der Waals surface area contributed by atoms with Crippen molar-refractivity contribution in [1.29, 1.82) is 0 Å². The van der Waals surface area contributed by atoms with Crippen molar-refractivity contribution in [1.82, 2.24) is 4.98 Å². The van der Waals surface area contributed by atoms with E-state index in [4.69, 9.17) is 5.73 Å². The Hall–Kier alpha value is -1.52. The first-order chi connectivity index (χ1) is 11.3. The summed E-state index contributed by atoms with van der Waals surface area (Å²) >= 11 is 0. The van der Waals surface area contributed by atoms with Gasteiger partial charge >= 0.3 is 21.7 Å². The standard InChI is InChI=1S/C13H10N.C5H8.C4H10N.2CH3.Si.Ti/c1-2-4-11-8-13(7-10(11)3-1)12-5-6-14-9-12;1-3-5-4-2;1-4(2,3)5;;;;/h1-9,14H;3-5H,1H2,2H3;5H,1-3H3;2*1H3;;/q-1;;3*-1;;+4. The van der Waals surface area contributed by atoms with E-state index in [0.29, 0.717) is 0 Å². The minimum atomic E-state index is -0.250. The van der Waals surface area contributed by atoms with Crippen molar-refractivity contribution in [2.24, 2.45) is 0 Å². The number of H-pyrrole nitrogens is 1. The molecule has 0 unspecified atom stereocenters. The van der Waals surface area contributed by atoms with Crippen LogP contribution >= 0.6 is 0 Å². The molecule has 2 aromatic carbocycles. The predicted molar refractivity (Wildman–Crippen MR) is 127 cm³/mol. The molecule has 0 atom stereocenters. The second-order valence-electron chi connectivity index (χ2n) is 6.48. The van der Waals surface area contributed by atoms with E-state index >= 15 is 0 Å². The van der Waals surface area contributed by atoms with Crippen LogP contribution in [0.15, 0.2) is 79.7 Å². The zero-order chi connectivity index (χ0) is 18.0. The molecular weight excluding hydrogens is 392 g/mol. The molecule has 0 amide bonds. The van der Waals surface area contributed by atoms with Crippen LogP contribution in [0.3, 0.4) is 0 Å². The fraction of sp³-hybridized carbons (Fsp3) is 0.208. The normalized spacial score (nSPS) is 9.18. The fourth-order valence-electron chi connectivity index (χ4n) is 1.96. The first-order valence-corrected chi connectivity index (χ1v) is 8.12. The molecule has 0 fully saturated rings. The third kappa shape index (κ3) is 14.5. The first kappa shape index (κ1) is 34.0. The van der Waals surface area contributed by atoms with E-state index in [1.807, 2.05) is 52.2 Å². The maximum absolute atomic E-state index is 6.94. The van der Waals surface area contributed by atoms with Crippen molar-refractivity contribution in [2.75, 3.05) is 0 Å². The van der Waals surface area contributed by atoms with Crippen molar-refractivity contribution >= 4 is 21.7 Å². The smallest absolute Gasteiger partial charge is 0.673 e. The topological polar surface area (TPSA) is 39.6 Å². The zero-order valence-electron chi connectivity index (χ0n) is 18.1. The SMILES string of the molecule is C=CC=CC.CC(C)(C)[NH-].[CH3-].[CH3-].[Si].[Ti+4].c1ccc2[cH-]c(-c3cc[nH]c3)cc2c1. The summed E-state index contributed by atoms with van der Waals surface area (Å²) in [6.07, 6.45) is 9.55. The number of nitrogens with one attached hydrogen (secondary N) is 2. The minimum Gasteiger partial charge on any atom is -0.673 e. The monoisotopic (exact) mass is 426 g/mol. The molecule has 0 bridgehead atoms. The number of aromatic amines is 1. The van der Waals surface area contributed by atoms with E-state index in [2.05, 4.69) is 54.0 Å². The van der Waals surface area contributed by atoms with Crippen LogP contribution in [-0.4, -0.2) is 21.5 Å².